The first-order chi connectivity index (χ1) is 14.2. The van der Waals surface area contributed by atoms with Crippen molar-refractivity contribution in [2.75, 3.05) is 27.7 Å². The Morgan fingerprint density at radius 1 is 1.13 bits per heavy atom. The molecule has 1 spiro atoms. The van der Waals surface area contributed by atoms with E-state index in [9.17, 15) is 4.79 Å². The number of nitrogens with zero attached hydrogens (tertiary/aromatic N) is 1. The van der Waals surface area contributed by atoms with E-state index in [4.69, 9.17) is 4.74 Å². The molecule has 10 atom stereocenters. The molecule has 5 rings (SSSR count). The van der Waals surface area contributed by atoms with Gasteiger partial charge in [0, 0.05) is 33.2 Å². The van der Waals surface area contributed by atoms with Crippen LogP contribution in [0.2, 0.25) is 0 Å². The first-order valence-electron chi connectivity index (χ1n) is 12.7. The molecule has 0 aromatic carbocycles. The van der Waals surface area contributed by atoms with Gasteiger partial charge in [0.05, 0.1) is 6.10 Å². The van der Waals surface area contributed by atoms with Gasteiger partial charge in [-0.25, -0.2) is 4.79 Å². The van der Waals surface area contributed by atoms with E-state index >= 15 is 0 Å². The number of carbonyl (C=O) groups is 1. The van der Waals surface area contributed by atoms with Gasteiger partial charge < -0.3 is 15.0 Å². The number of carbonyl (C=O) groups excluding carboxylic acids is 1. The number of amides is 2. The number of ether oxygens (including phenoxy) is 1. The number of methoxy groups -OCH3 is 1. The van der Waals surface area contributed by atoms with Crippen LogP contribution in [-0.4, -0.2) is 44.8 Å². The molecule has 0 unspecified atom stereocenters. The second kappa shape index (κ2) is 6.86. The highest BCUT2D eigenvalue weighted by atomic mass is 16.5. The first kappa shape index (κ1) is 21.1. The minimum Gasteiger partial charge on any atom is -0.381 e. The quantitative estimate of drug-likeness (QED) is 0.686. The molecule has 0 saturated heterocycles. The predicted octanol–water partition coefficient (Wildman–Crippen LogP) is 5.18. The van der Waals surface area contributed by atoms with E-state index in [-0.39, 0.29) is 6.03 Å². The summed E-state index contributed by atoms with van der Waals surface area (Å²) in [6.07, 6.45) is 11.7. The minimum atomic E-state index is 0.0407. The maximum absolute atomic E-state index is 12.1. The summed E-state index contributed by atoms with van der Waals surface area (Å²) >= 11 is 0. The van der Waals surface area contributed by atoms with E-state index < -0.39 is 0 Å². The monoisotopic (exact) mass is 416 g/mol. The Kier molecular flexibility index (Phi) is 4.83. The van der Waals surface area contributed by atoms with Crippen LogP contribution in [-0.2, 0) is 4.74 Å². The minimum absolute atomic E-state index is 0.0407. The highest BCUT2D eigenvalue weighted by Gasteiger charge is 2.77. The number of hydrogen-bond donors (Lipinski definition) is 1. The molecule has 5 aliphatic rings. The van der Waals surface area contributed by atoms with E-state index in [1.54, 1.807) is 4.90 Å². The highest BCUT2D eigenvalue weighted by molar-refractivity contribution is 5.73. The molecule has 0 aliphatic heterocycles. The average Bonchev–Trinajstić information content (AvgIpc) is 3.22. The summed E-state index contributed by atoms with van der Waals surface area (Å²) in [7, 11) is 5.64. The molecule has 170 valence electrons. The van der Waals surface area contributed by atoms with Crippen molar-refractivity contribution in [1.29, 1.82) is 0 Å². The van der Waals surface area contributed by atoms with E-state index in [0.717, 1.165) is 36.1 Å². The molecule has 5 saturated carbocycles. The molecule has 1 N–H and O–H groups in total. The van der Waals surface area contributed by atoms with Gasteiger partial charge in [-0.15, -0.1) is 0 Å². The largest absolute Gasteiger partial charge is 0.381 e. The van der Waals surface area contributed by atoms with Gasteiger partial charge in [-0.2, -0.15) is 0 Å². The lowest BCUT2D eigenvalue weighted by molar-refractivity contribution is -0.160. The van der Waals surface area contributed by atoms with E-state index in [2.05, 4.69) is 26.1 Å². The third-order valence-electron chi connectivity index (χ3n) is 11.6. The van der Waals surface area contributed by atoms with E-state index in [0.29, 0.717) is 28.3 Å². The summed E-state index contributed by atoms with van der Waals surface area (Å²) in [5.74, 6) is 4.83. The molecule has 0 bridgehead atoms. The van der Waals surface area contributed by atoms with Crippen LogP contribution >= 0.6 is 0 Å². The molecule has 30 heavy (non-hydrogen) atoms. The Balaban J connectivity index is 1.35. The standard InChI is InChI=1S/C26H44N2O2/c1-16(15-27-23(29)28(4)5)19-7-8-20-18-13-22(30-6)26-14-17(26)9-12-25(26,3)21(18)10-11-24(19,20)2/h16-22H,7-15H2,1-6H3,(H,27,29)/t16-,17-,18+,19-,20+,21+,22-,24-,25-,26+/m1/s1. The zero-order chi connectivity index (χ0) is 21.5. The summed E-state index contributed by atoms with van der Waals surface area (Å²) < 4.78 is 6.25. The molecule has 0 aromatic heterocycles. The van der Waals surface area contributed by atoms with Gasteiger partial charge >= 0.3 is 6.03 Å². The molecular formula is C26H44N2O2. The van der Waals surface area contributed by atoms with Gasteiger partial charge in [-0.1, -0.05) is 20.8 Å². The third kappa shape index (κ3) is 2.58. The fourth-order valence-electron chi connectivity index (χ4n) is 10.1. The van der Waals surface area contributed by atoms with Crippen LogP contribution in [0.15, 0.2) is 0 Å². The lowest BCUT2D eigenvalue weighted by Gasteiger charge is -2.61. The van der Waals surface area contributed by atoms with Crippen LogP contribution in [0.4, 0.5) is 4.79 Å². The number of urea groups is 1. The Morgan fingerprint density at radius 3 is 2.57 bits per heavy atom. The van der Waals surface area contributed by atoms with Crippen molar-refractivity contribution in [2.24, 2.45) is 51.8 Å². The molecule has 0 aromatic rings. The Bertz CT molecular complexity index is 709. The summed E-state index contributed by atoms with van der Waals surface area (Å²) in [6.45, 7) is 8.46. The molecule has 4 heteroatoms. The van der Waals surface area contributed by atoms with Crippen LogP contribution in [0.1, 0.15) is 72.1 Å². The summed E-state index contributed by atoms with van der Waals surface area (Å²) in [5.41, 5.74) is 1.48. The summed E-state index contributed by atoms with van der Waals surface area (Å²) in [4.78, 5) is 13.7. The van der Waals surface area contributed by atoms with Gasteiger partial charge in [0.1, 0.15) is 0 Å². The number of hydrogen-bond acceptors (Lipinski definition) is 2. The molecule has 4 nitrogen and oxygen atoms in total. The van der Waals surface area contributed by atoms with Crippen LogP contribution in [0, 0.1) is 51.8 Å². The number of nitrogens with one attached hydrogen (secondary N) is 1. The van der Waals surface area contributed by atoms with Crippen molar-refractivity contribution in [3.63, 3.8) is 0 Å². The zero-order valence-electron chi connectivity index (χ0n) is 20.2. The summed E-state index contributed by atoms with van der Waals surface area (Å²) in [5, 5.41) is 3.16. The van der Waals surface area contributed by atoms with Crippen molar-refractivity contribution in [2.45, 2.75) is 78.2 Å². The normalized spacial score (nSPS) is 51.9. The van der Waals surface area contributed by atoms with E-state index in [1.807, 2.05) is 21.2 Å². The summed E-state index contributed by atoms with van der Waals surface area (Å²) in [6, 6.07) is 0.0407. The fraction of sp³-hybridized carbons (Fsp3) is 0.962. The zero-order valence-corrected chi connectivity index (χ0v) is 20.2. The molecule has 2 amide bonds. The lowest BCUT2D eigenvalue weighted by Crippen LogP contribution is -2.57. The fourth-order valence-corrected chi connectivity index (χ4v) is 10.1. The van der Waals surface area contributed by atoms with Crippen LogP contribution < -0.4 is 5.32 Å². The molecule has 0 radical (unpaired) electrons. The topological polar surface area (TPSA) is 41.6 Å². The molecular weight excluding hydrogens is 372 g/mol. The Hall–Kier alpha value is -0.770. The van der Waals surface area contributed by atoms with Crippen molar-refractivity contribution >= 4 is 6.03 Å². The van der Waals surface area contributed by atoms with Crippen molar-refractivity contribution < 1.29 is 9.53 Å². The van der Waals surface area contributed by atoms with Gasteiger partial charge in [0.25, 0.3) is 0 Å². The van der Waals surface area contributed by atoms with Crippen molar-refractivity contribution in [3.8, 4) is 0 Å². The first-order valence-corrected chi connectivity index (χ1v) is 12.7. The second-order valence-electron chi connectivity index (χ2n) is 12.5. The molecule has 0 heterocycles. The van der Waals surface area contributed by atoms with Crippen LogP contribution in [0.3, 0.4) is 0 Å². The predicted molar refractivity (Wildman–Crippen MR) is 120 cm³/mol. The van der Waals surface area contributed by atoms with Crippen molar-refractivity contribution in [3.05, 3.63) is 0 Å². The molecule has 5 aliphatic carbocycles. The Labute approximate surface area is 183 Å². The highest BCUT2D eigenvalue weighted by Crippen LogP contribution is 2.82. The lowest BCUT2D eigenvalue weighted by atomic mass is 9.45. The third-order valence-corrected chi connectivity index (χ3v) is 11.6. The van der Waals surface area contributed by atoms with Gasteiger partial charge in [0.15, 0.2) is 0 Å². The number of rotatable bonds is 4. The SMILES string of the molecule is CO[C@@H]1C[C@H]2[C@@H]3CC[C@H]([C@H](C)CNC(=O)N(C)C)[C@@]3(C)CC[C@@H]2[C@@]2(C)CC[C@@H]3C[C@]312. The maximum Gasteiger partial charge on any atom is 0.316 e. The number of fused-ring (bicyclic) bond motifs is 4. The smallest absolute Gasteiger partial charge is 0.316 e. The van der Waals surface area contributed by atoms with Gasteiger partial charge in [-0.05, 0) is 97.7 Å². The maximum atomic E-state index is 12.1. The van der Waals surface area contributed by atoms with Crippen LogP contribution in [0.25, 0.3) is 0 Å². The van der Waals surface area contributed by atoms with E-state index in [1.165, 1.54) is 51.4 Å². The van der Waals surface area contributed by atoms with Crippen molar-refractivity contribution in [1.82, 2.24) is 10.2 Å². The van der Waals surface area contributed by atoms with Crippen LogP contribution in [0.5, 0.6) is 0 Å². The Morgan fingerprint density at radius 2 is 1.90 bits per heavy atom. The average molecular weight is 417 g/mol. The van der Waals surface area contributed by atoms with Gasteiger partial charge in [0.2, 0.25) is 0 Å². The van der Waals surface area contributed by atoms with Gasteiger partial charge in [-0.3, -0.25) is 0 Å². The second-order valence-corrected chi connectivity index (χ2v) is 12.5. The molecule has 5 fully saturated rings.